The zero-order valence-electron chi connectivity index (χ0n) is 13.5. The van der Waals surface area contributed by atoms with Crippen LogP contribution in [-0.2, 0) is 10.3 Å². The fraction of sp³-hybridized carbons (Fsp3) is 0.176. The standard InChI is InChI=1S/C17H14FN5O2/c1-17(22-23-19,15-5-3-4-6-20-15)12-8-14-10(7-13(12)18)11(9-21-14)16(24)25-2/h3-9,21H,1-2H3. The molecule has 0 spiro atoms. The highest BCUT2D eigenvalue weighted by Gasteiger charge is 2.33. The van der Waals surface area contributed by atoms with E-state index in [-0.39, 0.29) is 11.1 Å². The Labute approximate surface area is 142 Å². The SMILES string of the molecule is COC(=O)c1c[nH]c2cc(C(C)(N=[N+]=[N-])c3ccccn3)c(F)cc12. The summed E-state index contributed by atoms with van der Waals surface area (Å²) in [6.07, 6.45) is 2.99. The zero-order valence-corrected chi connectivity index (χ0v) is 13.5. The van der Waals surface area contributed by atoms with Gasteiger partial charge in [0.15, 0.2) is 0 Å². The Hall–Kier alpha value is -3.38. The largest absolute Gasteiger partial charge is 0.465 e. The summed E-state index contributed by atoms with van der Waals surface area (Å²) in [5, 5.41) is 4.18. The van der Waals surface area contributed by atoms with Crippen LogP contribution in [0.2, 0.25) is 0 Å². The molecule has 0 saturated carbocycles. The molecule has 3 rings (SSSR count). The molecule has 0 aliphatic rings. The van der Waals surface area contributed by atoms with E-state index in [1.54, 1.807) is 31.3 Å². The fourth-order valence-electron chi connectivity index (χ4n) is 2.78. The smallest absolute Gasteiger partial charge is 0.340 e. The van der Waals surface area contributed by atoms with E-state index in [0.717, 1.165) is 0 Å². The first-order valence-electron chi connectivity index (χ1n) is 7.38. The van der Waals surface area contributed by atoms with Crippen LogP contribution in [0.25, 0.3) is 21.3 Å². The molecule has 126 valence electrons. The van der Waals surface area contributed by atoms with Crippen molar-refractivity contribution in [3.05, 3.63) is 75.8 Å². The predicted octanol–water partition coefficient (Wildman–Crippen LogP) is 4.06. The van der Waals surface area contributed by atoms with Crippen LogP contribution in [-0.4, -0.2) is 23.0 Å². The molecule has 0 amide bonds. The first-order chi connectivity index (χ1) is 12.0. The van der Waals surface area contributed by atoms with Crippen LogP contribution in [0, 0.1) is 5.82 Å². The van der Waals surface area contributed by atoms with E-state index in [0.29, 0.717) is 16.6 Å². The predicted molar refractivity (Wildman–Crippen MR) is 89.4 cm³/mol. The number of ether oxygens (including phenoxy) is 1. The number of carbonyl (C=O) groups is 1. The van der Waals surface area contributed by atoms with Gasteiger partial charge in [0.25, 0.3) is 0 Å². The number of halogens is 1. The molecule has 0 fully saturated rings. The van der Waals surface area contributed by atoms with Gasteiger partial charge in [0.1, 0.15) is 11.4 Å². The fourth-order valence-corrected chi connectivity index (χ4v) is 2.78. The molecular formula is C17H14FN5O2. The Morgan fingerprint density at radius 3 is 2.88 bits per heavy atom. The Kier molecular flexibility index (Phi) is 4.12. The molecule has 1 N–H and O–H groups in total. The van der Waals surface area contributed by atoms with Gasteiger partial charge in [0, 0.05) is 33.8 Å². The Bertz CT molecular complexity index is 995. The second-order valence-electron chi connectivity index (χ2n) is 5.55. The van der Waals surface area contributed by atoms with Crippen LogP contribution in [0.4, 0.5) is 4.39 Å². The summed E-state index contributed by atoms with van der Waals surface area (Å²) in [6.45, 7) is 1.59. The zero-order chi connectivity index (χ0) is 18.0. The third-order valence-electron chi connectivity index (χ3n) is 4.11. The third-order valence-corrected chi connectivity index (χ3v) is 4.11. The first-order valence-corrected chi connectivity index (χ1v) is 7.38. The molecule has 0 aliphatic heterocycles. The topological polar surface area (TPSA) is 104 Å². The van der Waals surface area contributed by atoms with Gasteiger partial charge in [-0.15, -0.1) is 0 Å². The monoisotopic (exact) mass is 339 g/mol. The quantitative estimate of drug-likeness (QED) is 0.335. The number of hydrogen-bond donors (Lipinski definition) is 1. The molecular weight excluding hydrogens is 325 g/mol. The van der Waals surface area contributed by atoms with E-state index >= 15 is 0 Å². The molecule has 25 heavy (non-hydrogen) atoms. The lowest BCUT2D eigenvalue weighted by atomic mass is 9.88. The maximum Gasteiger partial charge on any atom is 0.340 e. The van der Waals surface area contributed by atoms with Gasteiger partial charge >= 0.3 is 5.97 Å². The molecule has 1 aromatic carbocycles. The van der Waals surface area contributed by atoms with Gasteiger partial charge in [-0.05, 0) is 36.7 Å². The van der Waals surface area contributed by atoms with Crippen LogP contribution >= 0.6 is 0 Å². The molecule has 1 unspecified atom stereocenters. The number of azide groups is 1. The van der Waals surface area contributed by atoms with Crippen molar-refractivity contribution in [1.82, 2.24) is 9.97 Å². The molecule has 0 radical (unpaired) electrons. The lowest BCUT2D eigenvalue weighted by Gasteiger charge is -2.24. The minimum absolute atomic E-state index is 0.148. The molecule has 0 saturated heterocycles. The lowest BCUT2D eigenvalue weighted by Crippen LogP contribution is -2.23. The van der Waals surface area contributed by atoms with Gasteiger partial charge in [-0.3, -0.25) is 4.98 Å². The Balaban J connectivity index is 2.25. The van der Waals surface area contributed by atoms with Gasteiger partial charge in [-0.1, -0.05) is 11.2 Å². The summed E-state index contributed by atoms with van der Waals surface area (Å²) in [5.41, 5.74) is 8.94. The third kappa shape index (κ3) is 2.68. The van der Waals surface area contributed by atoms with E-state index in [1.165, 1.54) is 25.4 Å². The number of methoxy groups -OCH3 is 1. The number of aromatic nitrogens is 2. The number of nitrogens with zero attached hydrogens (tertiary/aromatic N) is 4. The first kappa shape index (κ1) is 16.5. The number of rotatable bonds is 4. The van der Waals surface area contributed by atoms with Crippen LogP contribution in [0.3, 0.4) is 0 Å². The summed E-state index contributed by atoms with van der Waals surface area (Å²) in [5.74, 6) is -1.18. The number of fused-ring (bicyclic) bond motifs is 1. The number of nitrogens with one attached hydrogen (secondary N) is 1. The van der Waals surface area contributed by atoms with E-state index in [1.807, 2.05) is 0 Å². The average molecular weight is 339 g/mol. The van der Waals surface area contributed by atoms with Crippen molar-refractivity contribution in [2.75, 3.05) is 7.11 Å². The molecule has 7 nitrogen and oxygen atoms in total. The van der Waals surface area contributed by atoms with Gasteiger partial charge in [0.05, 0.1) is 18.4 Å². The summed E-state index contributed by atoms with van der Waals surface area (Å²) < 4.78 is 19.6. The molecule has 1 atom stereocenters. The normalized spacial score (nSPS) is 13.1. The summed E-state index contributed by atoms with van der Waals surface area (Å²) in [4.78, 5) is 21.7. The van der Waals surface area contributed by atoms with Crippen molar-refractivity contribution < 1.29 is 13.9 Å². The average Bonchev–Trinajstić information content (AvgIpc) is 3.04. The summed E-state index contributed by atoms with van der Waals surface area (Å²) in [6, 6.07) is 7.84. The number of pyridine rings is 1. The summed E-state index contributed by atoms with van der Waals surface area (Å²) in [7, 11) is 1.26. The van der Waals surface area contributed by atoms with Crippen molar-refractivity contribution in [3.63, 3.8) is 0 Å². The van der Waals surface area contributed by atoms with Gasteiger partial charge in [-0.2, -0.15) is 0 Å². The number of esters is 1. The van der Waals surface area contributed by atoms with Gasteiger partial charge in [0.2, 0.25) is 0 Å². The highest BCUT2D eigenvalue weighted by molar-refractivity contribution is 6.04. The molecule has 3 aromatic rings. The molecule has 0 bridgehead atoms. The summed E-state index contributed by atoms with van der Waals surface area (Å²) >= 11 is 0. The van der Waals surface area contributed by atoms with Crippen molar-refractivity contribution >= 4 is 16.9 Å². The van der Waals surface area contributed by atoms with Gasteiger partial charge in [-0.25, -0.2) is 9.18 Å². The van der Waals surface area contributed by atoms with E-state index in [2.05, 4.69) is 20.0 Å². The molecule has 8 heteroatoms. The molecule has 0 aliphatic carbocycles. The highest BCUT2D eigenvalue weighted by atomic mass is 19.1. The van der Waals surface area contributed by atoms with E-state index in [4.69, 9.17) is 10.3 Å². The second-order valence-corrected chi connectivity index (χ2v) is 5.55. The molecule has 2 aromatic heterocycles. The minimum Gasteiger partial charge on any atom is -0.465 e. The Morgan fingerprint density at radius 1 is 1.44 bits per heavy atom. The van der Waals surface area contributed by atoms with E-state index in [9.17, 15) is 9.18 Å². The van der Waals surface area contributed by atoms with Crippen LogP contribution in [0.15, 0.2) is 47.8 Å². The van der Waals surface area contributed by atoms with Crippen LogP contribution < -0.4 is 0 Å². The number of H-pyrrole nitrogens is 1. The maximum absolute atomic E-state index is 14.9. The Morgan fingerprint density at radius 2 is 2.24 bits per heavy atom. The van der Waals surface area contributed by atoms with Gasteiger partial charge < -0.3 is 9.72 Å². The number of hydrogen-bond acceptors (Lipinski definition) is 4. The van der Waals surface area contributed by atoms with Crippen molar-refractivity contribution in [3.8, 4) is 0 Å². The van der Waals surface area contributed by atoms with Crippen molar-refractivity contribution in [2.45, 2.75) is 12.5 Å². The molecule has 2 heterocycles. The number of carbonyl (C=O) groups excluding carboxylic acids is 1. The van der Waals surface area contributed by atoms with Crippen LogP contribution in [0.1, 0.15) is 28.5 Å². The second kappa shape index (κ2) is 6.26. The highest BCUT2D eigenvalue weighted by Crippen LogP contribution is 2.36. The van der Waals surface area contributed by atoms with Crippen LogP contribution in [0.5, 0.6) is 0 Å². The number of aromatic amines is 1. The minimum atomic E-state index is -1.34. The number of benzene rings is 1. The maximum atomic E-state index is 14.9. The van der Waals surface area contributed by atoms with Crippen molar-refractivity contribution in [2.24, 2.45) is 5.11 Å². The van der Waals surface area contributed by atoms with E-state index < -0.39 is 17.3 Å². The van der Waals surface area contributed by atoms with Crippen molar-refractivity contribution in [1.29, 1.82) is 0 Å². The lowest BCUT2D eigenvalue weighted by molar-refractivity contribution is 0.0603.